The van der Waals surface area contributed by atoms with Crippen LogP contribution in [-0.2, 0) is 14.9 Å². The minimum Gasteiger partial charge on any atom is -0.379 e. The van der Waals surface area contributed by atoms with Gasteiger partial charge in [0.15, 0.2) is 0 Å². The van der Waals surface area contributed by atoms with Crippen molar-refractivity contribution in [2.75, 3.05) is 13.2 Å². The van der Waals surface area contributed by atoms with E-state index < -0.39 is 0 Å². The van der Waals surface area contributed by atoms with Crippen molar-refractivity contribution in [3.05, 3.63) is 35.9 Å². The van der Waals surface area contributed by atoms with Crippen molar-refractivity contribution in [2.24, 2.45) is 5.41 Å². The number of amides is 1. The highest BCUT2D eigenvalue weighted by Gasteiger charge is 2.41. The molecule has 1 fully saturated rings. The van der Waals surface area contributed by atoms with E-state index in [4.69, 9.17) is 4.74 Å². The second kappa shape index (κ2) is 5.57. The van der Waals surface area contributed by atoms with Gasteiger partial charge in [-0.1, -0.05) is 44.2 Å². The lowest BCUT2D eigenvalue weighted by molar-refractivity contribution is -0.158. The highest BCUT2D eigenvalue weighted by molar-refractivity contribution is 5.83. The fraction of sp³-hybridized carbons (Fsp3) is 0.588. The zero-order valence-corrected chi connectivity index (χ0v) is 12.9. The molecule has 1 aromatic rings. The van der Waals surface area contributed by atoms with Crippen LogP contribution in [0.15, 0.2) is 30.3 Å². The molecular weight excluding hydrogens is 250 g/mol. The number of carbonyl (C=O) groups is 1. The number of nitrogens with one attached hydrogen (secondary N) is 1. The maximum absolute atomic E-state index is 12.2. The molecule has 2 rings (SSSR count). The van der Waals surface area contributed by atoms with Crippen molar-refractivity contribution >= 4 is 5.91 Å². The van der Waals surface area contributed by atoms with Gasteiger partial charge >= 0.3 is 0 Å². The van der Waals surface area contributed by atoms with Gasteiger partial charge in [-0.05, 0) is 31.2 Å². The Kier molecular flexibility index (Phi) is 4.19. The summed E-state index contributed by atoms with van der Waals surface area (Å²) in [4.78, 5) is 12.2. The molecule has 0 aliphatic carbocycles. The first-order valence-corrected chi connectivity index (χ1v) is 7.28. The molecule has 0 aromatic heterocycles. The normalized spacial score (nSPS) is 19.0. The van der Waals surface area contributed by atoms with Crippen LogP contribution in [0.25, 0.3) is 0 Å². The highest BCUT2D eigenvalue weighted by atomic mass is 16.5. The molecule has 3 heteroatoms. The monoisotopic (exact) mass is 275 g/mol. The lowest BCUT2D eigenvalue weighted by Crippen LogP contribution is -2.54. The molecule has 0 radical (unpaired) electrons. The Morgan fingerprint density at radius 2 is 1.95 bits per heavy atom. The summed E-state index contributed by atoms with van der Waals surface area (Å²) >= 11 is 0. The molecule has 0 saturated carbocycles. The number of rotatable bonds is 5. The van der Waals surface area contributed by atoms with Gasteiger partial charge in [-0.3, -0.25) is 4.79 Å². The van der Waals surface area contributed by atoms with Crippen molar-refractivity contribution in [3.63, 3.8) is 0 Å². The van der Waals surface area contributed by atoms with Crippen LogP contribution in [0.3, 0.4) is 0 Å². The molecule has 1 amide bonds. The third-order valence-corrected chi connectivity index (χ3v) is 4.14. The van der Waals surface area contributed by atoms with E-state index in [2.05, 4.69) is 50.4 Å². The van der Waals surface area contributed by atoms with Gasteiger partial charge in [-0.25, -0.2) is 0 Å². The van der Waals surface area contributed by atoms with Crippen LogP contribution in [-0.4, -0.2) is 25.2 Å². The summed E-state index contributed by atoms with van der Waals surface area (Å²) in [5.74, 6) is 0.111. The van der Waals surface area contributed by atoms with Gasteiger partial charge in [0.25, 0.3) is 0 Å². The highest BCUT2D eigenvalue weighted by Crippen LogP contribution is 2.30. The summed E-state index contributed by atoms with van der Waals surface area (Å²) in [7, 11) is 0. The first kappa shape index (κ1) is 15.0. The summed E-state index contributed by atoms with van der Waals surface area (Å²) < 4.78 is 5.15. The molecule has 3 nitrogen and oxygen atoms in total. The Balaban J connectivity index is 1.94. The van der Waals surface area contributed by atoms with Crippen molar-refractivity contribution in [2.45, 2.75) is 45.6 Å². The second-order valence-corrected chi connectivity index (χ2v) is 6.88. The van der Waals surface area contributed by atoms with E-state index >= 15 is 0 Å². The zero-order chi connectivity index (χ0) is 14.8. The van der Waals surface area contributed by atoms with Crippen LogP contribution < -0.4 is 5.32 Å². The van der Waals surface area contributed by atoms with Crippen LogP contribution in [0.2, 0.25) is 0 Å². The fourth-order valence-electron chi connectivity index (χ4n) is 2.76. The van der Waals surface area contributed by atoms with Crippen molar-refractivity contribution in [3.8, 4) is 0 Å². The first-order chi connectivity index (χ1) is 9.33. The molecule has 1 aromatic carbocycles. The predicted molar refractivity (Wildman–Crippen MR) is 80.6 cm³/mol. The molecule has 1 aliphatic heterocycles. The van der Waals surface area contributed by atoms with Crippen LogP contribution in [0, 0.1) is 5.41 Å². The SMILES string of the molecule is C[C@H](CC(C)(C)c1ccccc1)NC(=O)C1(C)COC1. The Bertz CT molecular complexity index is 463. The van der Waals surface area contributed by atoms with Gasteiger partial charge in [0.05, 0.1) is 18.6 Å². The van der Waals surface area contributed by atoms with E-state index in [-0.39, 0.29) is 22.8 Å². The van der Waals surface area contributed by atoms with Crippen molar-refractivity contribution in [1.82, 2.24) is 5.32 Å². The average Bonchev–Trinajstić information content (AvgIpc) is 2.36. The third-order valence-electron chi connectivity index (χ3n) is 4.14. The van der Waals surface area contributed by atoms with E-state index in [1.165, 1.54) is 5.56 Å². The minimum absolute atomic E-state index is 0.0466. The van der Waals surface area contributed by atoms with E-state index in [1.807, 2.05) is 13.0 Å². The first-order valence-electron chi connectivity index (χ1n) is 7.28. The van der Waals surface area contributed by atoms with Crippen LogP contribution in [0.4, 0.5) is 0 Å². The van der Waals surface area contributed by atoms with Crippen LogP contribution in [0.1, 0.15) is 39.7 Å². The summed E-state index contributed by atoms with van der Waals surface area (Å²) in [5, 5.41) is 3.13. The molecule has 20 heavy (non-hydrogen) atoms. The maximum atomic E-state index is 12.2. The molecule has 1 heterocycles. The number of ether oxygens (including phenoxy) is 1. The number of benzene rings is 1. The van der Waals surface area contributed by atoms with Gasteiger partial charge in [0.2, 0.25) is 5.91 Å². The van der Waals surface area contributed by atoms with Gasteiger partial charge in [0.1, 0.15) is 0 Å². The third kappa shape index (κ3) is 3.21. The Hall–Kier alpha value is -1.35. The Labute approximate surface area is 121 Å². The molecule has 1 atom stereocenters. The van der Waals surface area contributed by atoms with Crippen molar-refractivity contribution in [1.29, 1.82) is 0 Å². The second-order valence-electron chi connectivity index (χ2n) is 6.88. The molecule has 0 unspecified atom stereocenters. The van der Waals surface area contributed by atoms with E-state index in [9.17, 15) is 4.79 Å². The summed E-state index contributed by atoms with van der Waals surface area (Å²) in [6.45, 7) is 9.55. The van der Waals surface area contributed by atoms with Crippen molar-refractivity contribution < 1.29 is 9.53 Å². The lowest BCUT2D eigenvalue weighted by Gasteiger charge is -2.38. The Morgan fingerprint density at radius 3 is 2.45 bits per heavy atom. The van der Waals surface area contributed by atoms with E-state index in [1.54, 1.807) is 0 Å². The quantitative estimate of drug-likeness (QED) is 0.897. The number of hydrogen-bond donors (Lipinski definition) is 1. The van der Waals surface area contributed by atoms with Gasteiger partial charge in [-0.15, -0.1) is 0 Å². The van der Waals surface area contributed by atoms with Gasteiger partial charge in [0, 0.05) is 6.04 Å². The van der Waals surface area contributed by atoms with E-state index in [0.717, 1.165) is 6.42 Å². The molecule has 1 N–H and O–H groups in total. The molecule has 0 bridgehead atoms. The summed E-state index contributed by atoms with van der Waals surface area (Å²) in [6, 6.07) is 10.6. The Morgan fingerprint density at radius 1 is 1.35 bits per heavy atom. The molecule has 110 valence electrons. The molecule has 0 spiro atoms. The van der Waals surface area contributed by atoms with E-state index in [0.29, 0.717) is 13.2 Å². The topological polar surface area (TPSA) is 38.3 Å². The van der Waals surface area contributed by atoms with Gasteiger partial charge in [-0.2, -0.15) is 0 Å². The summed E-state index contributed by atoms with van der Waals surface area (Å²) in [6.07, 6.45) is 0.916. The minimum atomic E-state index is -0.328. The smallest absolute Gasteiger partial charge is 0.230 e. The zero-order valence-electron chi connectivity index (χ0n) is 12.9. The lowest BCUT2D eigenvalue weighted by atomic mass is 9.79. The molecule has 1 saturated heterocycles. The largest absolute Gasteiger partial charge is 0.379 e. The average molecular weight is 275 g/mol. The van der Waals surface area contributed by atoms with Crippen LogP contribution in [0.5, 0.6) is 0 Å². The fourth-order valence-corrected chi connectivity index (χ4v) is 2.76. The predicted octanol–water partition coefficient (Wildman–Crippen LogP) is 2.90. The van der Waals surface area contributed by atoms with Crippen LogP contribution >= 0.6 is 0 Å². The number of hydrogen-bond acceptors (Lipinski definition) is 2. The molecular formula is C17H25NO2. The number of carbonyl (C=O) groups excluding carboxylic acids is 1. The standard InChI is InChI=1S/C17H25NO2/c1-13(18-15(19)17(4)11-20-12-17)10-16(2,3)14-8-6-5-7-9-14/h5-9,13H,10-12H2,1-4H3,(H,18,19)/t13-/m1/s1. The molecule has 1 aliphatic rings. The summed E-state index contributed by atoms with van der Waals surface area (Å²) in [5.41, 5.74) is 1.02. The maximum Gasteiger partial charge on any atom is 0.230 e. The van der Waals surface area contributed by atoms with Gasteiger partial charge < -0.3 is 10.1 Å².